The molecular formula is C14H10Na3O5+. The van der Waals surface area contributed by atoms with Crippen molar-refractivity contribution < 1.29 is 114 Å². The first-order valence-corrected chi connectivity index (χ1v) is 5.28. The van der Waals surface area contributed by atoms with Gasteiger partial charge in [-0.25, -0.2) is 4.79 Å². The largest absolute Gasteiger partial charge is 1.00 e. The molecule has 0 saturated carbocycles. The molecule has 1 N–H and O–H groups in total. The van der Waals surface area contributed by atoms with Crippen LogP contribution in [0.1, 0.15) is 20.7 Å². The molecule has 0 amide bonds. The van der Waals surface area contributed by atoms with Crippen LogP contribution in [0.25, 0.3) is 0 Å². The number of carboxylic acid groups (broad SMARTS) is 2. The fourth-order valence-corrected chi connectivity index (χ4v) is 1.22. The van der Waals surface area contributed by atoms with Crippen LogP contribution in [-0.2, 0) is 0 Å². The van der Waals surface area contributed by atoms with Gasteiger partial charge in [0.15, 0.2) is 0 Å². The molecule has 8 heteroatoms. The van der Waals surface area contributed by atoms with Gasteiger partial charge in [0.25, 0.3) is 0 Å². The van der Waals surface area contributed by atoms with Gasteiger partial charge in [-0.15, -0.1) is 0 Å². The van der Waals surface area contributed by atoms with Crippen LogP contribution >= 0.6 is 0 Å². The Labute approximate surface area is 194 Å². The molecule has 22 heavy (non-hydrogen) atoms. The fourth-order valence-electron chi connectivity index (χ4n) is 1.22. The molecule has 0 saturated heterocycles. The molecule has 0 bridgehead atoms. The second kappa shape index (κ2) is 14.8. The van der Waals surface area contributed by atoms with E-state index in [-0.39, 0.29) is 99.8 Å². The summed E-state index contributed by atoms with van der Waals surface area (Å²) in [6, 6.07) is 13.6. The first-order valence-electron chi connectivity index (χ1n) is 5.28. The van der Waals surface area contributed by atoms with Gasteiger partial charge in [-0.05, 0) is 11.6 Å². The van der Waals surface area contributed by atoms with E-state index in [1.165, 1.54) is 36.4 Å². The van der Waals surface area contributed by atoms with Crippen LogP contribution in [0.3, 0.4) is 0 Å². The van der Waals surface area contributed by atoms with Gasteiger partial charge >= 0.3 is 94.6 Å². The predicted molar refractivity (Wildman–Crippen MR) is 63.6 cm³/mol. The topological polar surface area (TPSA) is 100 Å². The van der Waals surface area contributed by atoms with Crippen molar-refractivity contribution in [3.63, 3.8) is 0 Å². The Hall–Kier alpha value is 0.180. The number of para-hydroxylation sites is 1. The van der Waals surface area contributed by atoms with E-state index >= 15 is 0 Å². The second-order valence-corrected chi connectivity index (χ2v) is 3.45. The summed E-state index contributed by atoms with van der Waals surface area (Å²) in [5, 5.41) is 29.1. The minimum Gasteiger partial charge on any atom is -0.872 e. The molecule has 2 aromatic carbocycles. The van der Waals surface area contributed by atoms with Gasteiger partial charge < -0.3 is 20.1 Å². The Balaban J connectivity index is -0.000000290. The van der Waals surface area contributed by atoms with Crippen LogP contribution in [0.4, 0.5) is 0 Å². The van der Waals surface area contributed by atoms with Crippen molar-refractivity contribution in [2.45, 2.75) is 0 Å². The van der Waals surface area contributed by atoms with Crippen LogP contribution in [-0.4, -0.2) is 17.0 Å². The molecule has 0 aliphatic carbocycles. The molecule has 2 rings (SSSR count). The predicted octanol–water partition coefficient (Wildman–Crippen LogP) is -8.48. The summed E-state index contributed by atoms with van der Waals surface area (Å²) in [5.41, 5.74) is 0.0417. The van der Waals surface area contributed by atoms with Gasteiger partial charge in [0.05, 0.1) is 11.5 Å². The minimum absolute atomic E-state index is 0. The molecule has 0 radical (unpaired) electrons. The third-order valence-electron chi connectivity index (χ3n) is 2.13. The maximum atomic E-state index is 10.7. The van der Waals surface area contributed by atoms with E-state index in [1.807, 2.05) is 0 Å². The van der Waals surface area contributed by atoms with E-state index in [0.717, 1.165) is 0 Å². The Kier molecular flexibility index (Phi) is 18.1. The molecule has 0 fully saturated rings. The second-order valence-electron chi connectivity index (χ2n) is 3.45. The van der Waals surface area contributed by atoms with Gasteiger partial charge in [0.2, 0.25) is 0 Å². The van der Waals surface area contributed by atoms with Crippen molar-refractivity contribution in [1.29, 1.82) is 0 Å². The summed E-state index contributed by atoms with van der Waals surface area (Å²) in [6.07, 6.45) is 0. The summed E-state index contributed by atoms with van der Waals surface area (Å²) in [6.45, 7) is 0. The number of hydrogen-bond acceptors (Lipinski definition) is 4. The zero-order valence-electron chi connectivity index (χ0n) is 12.8. The molecule has 5 nitrogen and oxygen atoms in total. The monoisotopic (exact) mass is 327 g/mol. The van der Waals surface area contributed by atoms with Crippen molar-refractivity contribution >= 4 is 11.9 Å². The van der Waals surface area contributed by atoms with E-state index in [2.05, 4.69) is 0 Å². The van der Waals surface area contributed by atoms with Gasteiger partial charge in [0.1, 0.15) is 0 Å². The van der Waals surface area contributed by atoms with E-state index in [4.69, 9.17) is 5.11 Å². The van der Waals surface area contributed by atoms with Crippen molar-refractivity contribution in [2.24, 2.45) is 0 Å². The van der Waals surface area contributed by atoms with Gasteiger partial charge in [-0.1, -0.05) is 54.3 Å². The van der Waals surface area contributed by atoms with E-state index < -0.39 is 17.7 Å². The zero-order valence-corrected chi connectivity index (χ0v) is 18.8. The maximum Gasteiger partial charge on any atom is 1.00 e. The minimum atomic E-state index is -1.18. The smallest absolute Gasteiger partial charge is 0.872 e. The Morgan fingerprint density at radius 3 is 1.59 bits per heavy atom. The van der Waals surface area contributed by atoms with Crippen LogP contribution in [0.5, 0.6) is 5.75 Å². The summed E-state index contributed by atoms with van der Waals surface area (Å²) in [4.78, 5) is 20.3. The molecule has 0 unspecified atom stereocenters. The number of hydrogen-bond donors (Lipinski definition) is 1. The summed E-state index contributed by atoms with van der Waals surface area (Å²) in [7, 11) is 0. The maximum absolute atomic E-state index is 10.7. The third kappa shape index (κ3) is 10.0. The normalized spacial score (nSPS) is 7.82. The van der Waals surface area contributed by atoms with E-state index in [1.54, 1.807) is 18.2 Å². The van der Waals surface area contributed by atoms with Gasteiger partial charge in [-0.2, -0.15) is 0 Å². The van der Waals surface area contributed by atoms with Gasteiger partial charge in [0, 0.05) is 0 Å². The summed E-state index contributed by atoms with van der Waals surface area (Å²) >= 11 is 0. The fraction of sp³-hybridized carbons (Fsp3) is 0. The molecule has 0 aliphatic rings. The molecule has 0 aliphatic heterocycles. The summed E-state index contributed by atoms with van der Waals surface area (Å²) < 4.78 is 0. The van der Waals surface area contributed by atoms with Crippen molar-refractivity contribution in [1.82, 2.24) is 0 Å². The Morgan fingerprint density at radius 2 is 1.27 bits per heavy atom. The van der Waals surface area contributed by atoms with Crippen LogP contribution in [0.15, 0.2) is 54.6 Å². The molecule has 0 spiro atoms. The molecular weight excluding hydrogens is 317 g/mol. The molecule has 0 aromatic heterocycles. The number of rotatable bonds is 2. The average molecular weight is 327 g/mol. The van der Waals surface area contributed by atoms with Crippen molar-refractivity contribution in [3.05, 3.63) is 65.7 Å². The number of aromatic carboxylic acids is 2. The SMILES string of the molecule is O=C(O)c1ccccc1[O-].O=C([O-])c1ccccc1.[Na+].[Na+].[Na+]. The van der Waals surface area contributed by atoms with Gasteiger partial charge in [-0.3, -0.25) is 0 Å². The molecule has 0 atom stereocenters. The third-order valence-corrected chi connectivity index (χ3v) is 2.13. The molecule has 98 valence electrons. The number of carbonyl (C=O) groups excluding carboxylic acids is 1. The first kappa shape index (κ1) is 27.0. The van der Waals surface area contributed by atoms with Crippen LogP contribution in [0, 0.1) is 0 Å². The van der Waals surface area contributed by atoms with E-state index in [9.17, 15) is 19.8 Å². The number of carbonyl (C=O) groups is 2. The molecule has 2 aromatic rings. The summed E-state index contributed by atoms with van der Waals surface area (Å²) in [5.74, 6) is -2.75. The zero-order chi connectivity index (χ0) is 14.3. The average Bonchev–Trinajstić information content (AvgIpc) is 2.40. The van der Waals surface area contributed by atoms with Crippen molar-refractivity contribution in [2.75, 3.05) is 0 Å². The van der Waals surface area contributed by atoms with Crippen LogP contribution in [0.2, 0.25) is 0 Å². The Bertz CT molecular complexity index is 576. The molecule has 0 heterocycles. The first-order chi connectivity index (χ1) is 9.02. The quantitative estimate of drug-likeness (QED) is 0.552. The Morgan fingerprint density at radius 1 is 0.818 bits per heavy atom. The van der Waals surface area contributed by atoms with Crippen molar-refractivity contribution in [3.8, 4) is 5.75 Å². The number of carboxylic acids is 2. The number of benzene rings is 2. The standard InChI is InChI=1S/C7H6O3.C7H6O2.3Na/c8-6-4-2-1-3-5(6)7(9)10;8-7(9)6-4-2-1-3-5-6;;;/h1-4,8H,(H,9,10);1-5H,(H,8,9);;;/q;;3*+1/p-2. The van der Waals surface area contributed by atoms with E-state index in [0.29, 0.717) is 0 Å². The van der Waals surface area contributed by atoms with Crippen LogP contribution < -0.4 is 98.9 Å².